The second-order valence-corrected chi connectivity index (χ2v) is 9.45. The molecule has 5 rings (SSSR count). The van der Waals surface area contributed by atoms with Gasteiger partial charge in [-0.15, -0.1) is 0 Å². The number of carbonyl (C=O) groups excluding carboxylic acids is 1. The summed E-state index contributed by atoms with van der Waals surface area (Å²) in [6, 6.07) is 15.9. The lowest BCUT2D eigenvalue weighted by molar-refractivity contribution is -1.000. The van der Waals surface area contributed by atoms with Crippen LogP contribution >= 0.6 is 15.9 Å². The first-order chi connectivity index (χ1) is 15.1. The zero-order valence-corrected chi connectivity index (χ0v) is 19.2. The molecule has 0 spiro atoms. The van der Waals surface area contributed by atoms with Crippen molar-refractivity contribution in [3.63, 3.8) is 0 Å². The van der Waals surface area contributed by atoms with E-state index in [1.807, 2.05) is 48.5 Å². The van der Waals surface area contributed by atoms with Crippen LogP contribution in [0.15, 0.2) is 58.1 Å². The third-order valence-electron chi connectivity index (χ3n) is 6.28. The lowest BCUT2D eigenvalue weighted by atomic mass is 10.0. The van der Waals surface area contributed by atoms with Gasteiger partial charge in [-0.3, -0.25) is 4.79 Å². The lowest BCUT2D eigenvalue weighted by Gasteiger charge is -2.28. The van der Waals surface area contributed by atoms with E-state index in [9.17, 15) is 4.79 Å². The van der Waals surface area contributed by atoms with Gasteiger partial charge in [0.25, 0.3) is 5.91 Å². The highest BCUT2D eigenvalue weighted by atomic mass is 79.9. The Hall–Kier alpha value is -2.55. The molecule has 0 aliphatic carbocycles. The van der Waals surface area contributed by atoms with Gasteiger partial charge in [0.1, 0.15) is 38.0 Å². The van der Waals surface area contributed by atoms with Crippen molar-refractivity contribution in [1.82, 2.24) is 15.0 Å². The van der Waals surface area contributed by atoms with Gasteiger partial charge in [0.05, 0.1) is 23.8 Å². The minimum absolute atomic E-state index is 0.0621. The lowest BCUT2D eigenvalue weighted by Crippen LogP contribution is -3.27. The van der Waals surface area contributed by atoms with Crippen LogP contribution in [0.2, 0.25) is 0 Å². The minimum Gasteiger partial charge on any atom is -0.340 e. The fourth-order valence-corrected chi connectivity index (χ4v) is 4.67. The maximum absolute atomic E-state index is 13.4. The third-order valence-corrected chi connectivity index (χ3v) is 6.81. The second-order valence-electron chi connectivity index (χ2n) is 8.53. The molecule has 1 fully saturated rings. The molecule has 1 atom stereocenters. The Balaban J connectivity index is 1.43. The van der Waals surface area contributed by atoms with Crippen LogP contribution in [0.5, 0.6) is 0 Å². The van der Waals surface area contributed by atoms with E-state index in [1.54, 1.807) is 5.01 Å². The van der Waals surface area contributed by atoms with Crippen molar-refractivity contribution in [3.05, 3.63) is 64.4 Å². The van der Waals surface area contributed by atoms with Gasteiger partial charge in [0.2, 0.25) is 0 Å². The highest BCUT2D eigenvalue weighted by molar-refractivity contribution is 9.10. The Morgan fingerprint density at radius 1 is 1.13 bits per heavy atom. The van der Waals surface area contributed by atoms with E-state index < -0.39 is 0 Å². The number of rotatable bonds is 4. The molecule has 8 heteroatoms. The molecule has 1 amide bonds. The Morgan fingerprint density at radius 3 is 2.61 bits per heavy atom. The number of carbonyl (C=O) groups is 1. The van der Waals surface area contributed by atoms with Gasteiger partial charge in [-0.2, -0.15) is 5.10 Å². The van der Waals surface area contributed by atoms with Crippen molar-refractivity contribution in [2.24, 2.45) is 5.10 Å². The average molecular weight is 483 g/mol. The van der Waals surface area contributed by atoms with Gasteiger partial charge < -0.3 is 14.8 Å². The van der Waals surface area contributed by atoms with Gasteiger partial charge in [-0.25, -0.2) is 9.99 Å². The van der Waals surface area contributed by atoms with E-state index in [-0.39, 0.29) is 11.9 Å². The highest BCUT2D eigenvalue weighted by Crippen LogP contribution is 2.32. The Labute approximate surface area is 189 Å². The molecule has 1 aromatic heterocycles. The SMILES string of the molecule is C[NH+]1CC[NH+](CC(=O)N2N=C(c3ccc(Br)cc3)C[C@H]2c2nc3ccccc3[nH]2)CC1. The Morgan fingerprint density at radius 2 is 1.87 bits per heavy atom. The van der Waals surface area contributed by atoms with Crippen LogP contribution < -0.4 is 9.80 Å². The molecule has 1 saturated heterocycles. The average Bonchev–Trinajstić information content (AvgIpc) is 3.40. The summed E-state index contributed by atoms with van der Waals surface area (Å²) in [5, 5.41) is 6.48. The normalized spacial score (nSPS) is 23.9. The molecule has 2 aliphatic heterocycles. The molecule has 3 N–H and O–H groups in total. The number of H-pyrrole nitrogens is 1. The topological polar surface area (TPSA) is 70.2 Å². The van der Waals surface area contributed by atoms with Crippen LogP contribution in [0.3, 0.4) is 0 Å². The predicted octanol–water partition coefficient (Wildman–Crippen LogP) is 0.416. The molecule has 7 nitrogen and oxygen atoms in total. The van der Waals surface area contributed by atoms with Crippen molar-refractivity contribution in [3.8, 4) is 0 Å². The molecular weight excluding hydrogens is 456 g/mol. The van der Waals surface area contributed by atoms with Crippen LogP contribution in [-0.2, 0) is 4.79 Å². The van der Waals surface area contributed by atoms with E-state index in [0.717, 1.165) is 58.8 Å². The van der Waals surface area contributed by atoms with Crippen LogP contribution in [0.25, 0.3) is 11.0 Å². The first kappa shape index (κ1) is 20.4. The highest BCUT2D eigenvalue weighted by Gasteiger charge is 2.37. The van der Waals surface area contributed by atoms with Crippen LogP contribution in [0.1, 0.15) is 23.9 Å². The quantitative estimate of drug-likeness (QED) is 0.504. The Kier molecular flexibility index (Phi) is 5.60. The fraction of sp³-hybridized carbons (Fsp3) is 0.348. The summed E-state index contributed by atoms with van der Waals surface area (Å²) in [5.74, 6) is 0.857. The summed E-state index contributed by atoms with van der Waals surface area (Å²) >= 11 is 3.49. The number of hydrogen-bond donors (Lipinski definition) is 3. The van der Waals surface area contributed by atoms with Gasteiger partial charge in [0.15, 0.2) is 6.54 Å². The van der Waals surface area contributed by atoms with E-state index in [2.05, 4.69) is 28.0 Å². The summed E-state index contributed by atoms with van der Waals surface area (Å²) in [6.07, 6.45) is 0.648. The predicted molar refractivity (Wildman–Crippen MR) is 123 cm³/mol. The maximum Gasteiger partial charge on any atom is 0.298 e. The molecule has 0 saturated carbocycles. The van der Waals surface area contributed by atoms with Crippen molar-refractivity contribution in [2.75, 3.05) is 39.8 Å². The minimum atomic E-state index is -0.212. The molecule has 0 unspecified atom stereocenters. The van der Waals surface area contributed by atoms with Crippen molar-refractivity contribution in [2.45, 2.75) is 12.5 Å². The largest absolute Gasteiger partial charge is 0.340 e. The monoisotopic (exact) mass is 482 g/mol. The van der Waals surface area contributed by atoms with E-state index >= 15 is 0 Å². The number of likely N-dealkylation sites (N-methyl/N-ethyl adjacent to an activating group) is 1. The van der Waals surface area contributed by atoms with Gasteiger partial charge >= 0.3 is 0 Å². The summed E-state index contributed by atoms with van der Waals surface area (Å²) in [5.41, 5.74) is 3.85. The van der Waals surface area contributed by atoms with Gasteiger partial charge in [-0.1, -0.05) is 40.2 Å². The number of para-hydroxylation sites is 2. The number of halogens is 1. The molecule has 31 heavy (non-hydrogen) atoms. The number of nitrogens with zero attached hydrogens (tertiary/aromatic N) is 3. The molecule has 3 heterocycles. The molecule has 0 bridgehead atoms. The summed E-state index contributed by atoms with van der Waals surface area (Å²) in [6.45, 7) is 4.71. The second kappa shape index (κ2) is 8.53. The van der Waals surface area contributed by atoms with Crippen molar-refractivity contribution >= 4 is 38.6 Å². The number of hydrogen-bond acceptors (Lipinski definition) is 3. The van der Waals surface area contributed by atoms with Crippen LogP contribution in [0, 0.1) is 0 Å². The molecule has 160 valence electrons. The number of nitrogens with one attached hydrogen (secondary N) is 3. The van der Waals surface area contributed by atoms with Crippen molar-refractivity contribution < 1.29 is 14.6 Å². The Bertz CT molecular complexity index is 1080. The molecule has 3 aromatic rings. The van der Waals surface area contributed by atoms with E-state index in [1.165, 1.54) is 9.80 Å². The van der Waals surface area contributed by atoms with Crippen LogP contribution in [0.4, 0.5) is 0 Å². The number of amides is 1. The standard InChI is InChI=1S/C23H25BrN6O/c1-28-10-12-29(13-11-28)15-22(31)30-21(23-25-18-4-2-3-5-19(18)26-23)14-20(27-30)16-6-8-17(24)9-7-16/h2-9,21H,10-15H2,1H3,(H,25,26)/p+2/t21-/m0/s1. The molecule has 2 aliphatic rings. The number of hydrazone groups is 1. The summed E-state index contributed by atoms with van der Waals surface area (Å²) in [4.78, 5) is 24.4. The first-order valence-electron chi connectivity index (χ1n) is 10.8. The van der Waals surface area contributed by atoms with E-state index in [0.29, 0.717) is 13.0 Å². The molecule has 2 aromatic carbocycles. The number of aromatic nitrogens is 2. The summed E-state index contributed by atoms with van der Waals surface area (Å²) < 4.78 is 1.03. The summed E-state index contributed by atoms with van der Waals surface area (Å²) in [7, 11) is 2.21. The number of benzene rings is 2. The van der Waals surface area contributed by atoms with Crippen molar-refractivity contribution in [1.29, 1.82) is 0 Å². The van der Waals surface area contributed by atoms with Gasteiger partial charge in [0, 0.05) is 10.9 Å². The number of imidazole rings is 1. The zero-order chi connectivity index (χ0) is 21.4. The molecule has 0 radical (unpaired) electrons. The number of piperazine rings is 1. The first-order valence-corrected chi connectivity index (χ1v) is 11.6. The smallest absolute Gasteiger partial charge is 0.298 e. The molecular formula is C23H27BrN6O+2. The number of fused-ring (bicyclic) bond motifs is 1. The maximum atomic E-state index is 13.4. The number of quaternary nitrogens is 2. The fourth-order valence-electron chi connectivity index (χ4n) is 4.40. The van der Waals surface area contributed by atoms with Crippen LogP contribution in [-0.4, -0.2) is 66.4 Å². The van der Waals surface area contributed by atoms with E-state index in [4.69, 9.17) is 10.1 Å². The number of aromatic amines is 1. The zero-order valence-electron chi connectivity index (χ0n) is 17.6. The third kappa shape index (κ3) is 4.28. The van der Waals surface area contributed by atoms with Gasteiger partial charge in [-0.05, 0) is 29.8 Å².